The van der Waals surface area contributed by atoms with E-state index in [1.54, 1.807) is 38.2 Å². The van der Waals surface area contributed by atoms with Crippen LogP contribution in [-0.2, 0) is 9.47 Å². The van der Waals surface area contributed by atoms with Crippen LogP contribution in [0.3, 0.4) is 0 Å². The largest absolute Gasteiger partial charge is 0.453 e. The number of anilines is 2. The Labute approximate surface area is 180 Å². The number of halogens is 1. The molecule has 170 valence electrons. The van der Waals surface area contributed by atoms with Crippen molar-refractivity contribution < 1.29 is 28.2 Å². The normalized spacial score (nSPS) is 20.5. The van der Waals surface area contributed by atoms with Crippen LogP contribution in [0.15, 0.2) is 18.2 Å². The van der Waals surface area contributed by atoms with Gasteiger partial charge in [0.05, 0.1) is 37.6 Å². The van der Waals surface area contributed by atoms with Crippen LogP contribution in [-0.4, -0.2) is 94.6 Å². The average molecular weight is 437 g/mol. The Morgan fingerprint density at radius 1 is 1.29 bits per heavy atom. The molecule has 2 saturated heterocycles. The predicted octanol–water partition coefficient (Wildman–Crippen LogP) is 1.70. The fraction of sp³-hybridized carbons (Fsp3) is 0.550. The summed E-state index contributed by atoms with van der Waals surface area (Å²) >= 11 is 0. The summed E-state index contributed by atoms with van der Waals surface area (Å²) in [6.45, 7) is 1.44. The molecule has 2 aliphatic rings. The minimum absolute atomic E-state index is 0.00870. The van der Waals surface area contributed by atoms with E-state index in [1.165, 1.54) is 23.0 Å². The third-order valence-corrected chi connectivity index (χ3v) is 5.51. The van der Waals surface area contributed by atoms with Gasteiger partial charge in [-0.3, -0.25) is 4.90 Å². The number of urea groups is 1. The number of hydrogen-bond donors (Lipinski definition) is 1. The number of benzene rings is 1. The van der Waals surface area contributed by atoms with Crippen LogP contribution < -0.4 is 15.1 Å². The molecule has 1 aromatic carbocycles. The molecule has 10 nitrogen and oxygen atoms in total. The van der Waals surface area contributed by atoms with Gasteiger partial charge < -0.3 is 29.5 Å². The molecule has 4 amide bonds. The lowest BCUT2D eigenvalue weighted by Gasteiger charge is -2.28. The summed E-state index contributed by atoms with van der Waals surface area (Å²) in [5, 5.41) is 2.48. The van der Waals surface area contributed by atoms with Crippen LogP contribution in [0.2, 0.25) is 0 Å². The van der Waals surface area contributed by atoms with Gasteiger partial charge in [-0.15, -0.1) is 0 Å². The summed E-state index contributed by atoms with van der Waals surface area (Å²) in [4.78, 5) is 41.9. The Morgan fingerprint density at radius 2 is 2.03 bits per heavy atom. The maximum atomic E-state index is 14.9. The first kappa shape index (κ1) is 22.4. The van der Waals surface area contributed by atoms with E-state index in [0.29, 0.717) is 24.5 Å². The van der Waals surface area contributed by atoms with Crippen molar-refractivity contribution in [2.75, 3.05) is 64.2 Å². The maximum absolute atomic E-state index is 14.9. The molecule has 2 fully saturated rings. The monoisotopic (exact) mass is 437 g/mol. The zero-order valence-electron chi connectivity index (χ0n) is 18.1. The first-order chi connectivity index (χ1) is 14.7. The van der Waals surface area contributed by atoms with Crippen molar-refractivity contribution in [3.8, 4) is 0 Å². The lowest BCUT2D eigenvalue weighted by Crippen LogP contribution is -2.44. The fourth-order valence-electron chi connectivity index (χ4n) is 3.78. The average Bonchev–Trinajstić information content (AvgIpc) is 3.37. The topological polar surface area (TPSA) is 94.7 Å². The number of ether oxygens (including phenoxy) is 2. The Balaban J connectivity index is 1.64. The third-order valence-electron chi connectivity index (χ3n) is 5.51. The Morgan fingerprint density at radius 3 is 2.68 bits per heavy atom. The summed E-state index contributed by atoms with van der Waals surface area (Å²) in [6, 6.07) is 4.50. The summed E-state index contributed by atoms with van der Waals surface area (Å²) in [5.41, 5.74) is 0.802. The lowest BCUT2D eigenvalue weighted by molar-refractivity contribution is 0.132. The Bertz CT molecular complexity index is 851. The molecule has 31 heavy (non-hydrogen) atoms. The molecule has 2 atom stereocenters. The van der Waals surface area contributed by atoms with Crippen LogP contribution in [0.1, 0.15) is 6.42 Å². The minimum Gasteiger partial charge on any atom is -0.453 e. The van der Waals surface area contributed by atoms with E-state index in [2.05, 4.69) is 10.1 Å². The molecular weight excluding hydrogens is 409 g/mol. The summed E-state index contributed by atoms with van der Waals surface area (Å²) < 4.78 is 24.6. The number of carbonyl (C=O) groups excluding carboxylic acids is 3. The Kier molecular flexibility index (Phi) is 6.71. The van der Waals surface area contributed by atoms with Crippen LogP contribution in [0.25, 0.3) is 0 Å². The number of carbonyl (C=O) groups is 3. The van der Waals surface area contributed by atoms with Gasteiger partial charge in [0.15, 0.2) is 0 Å². The van der Waals surface area contributed by atoms with Crippen molar-refractivity contribution in [1.82, 2.24) is 15.1 Å². The SMILES string of the molecule is COC(=O)NC[C@H]1CN(c2ccc(N3CCC(N(C)C(=O)N(C)C)C3)c(F)c2)C(=O)O1. The molecule has 2 heterocycles. The first-order valence-electron chi connectivity index (χ1n) is 9.99. The molecule has 0 aromatic heterocycles. The number of alkyl carbamates (subject to hydrolysis) is 1. The predicted molar refractivity (Wildman–Crippen MR) is 112 cm³/mol. The number of likely N-dealkylation sites (N-methyl/N-ethyl adjacent to an activating group) is 1. The van der Waals surface area contributed by atoms with Crippen molar-refractivity contribution in [2.24, 2.45) is 0 Å². The van der Waals surface area contributed by atoms with Gasteiger partial charge in [0.25, 0.3) is 0 Å². The molecule has 0 radical (unpaired) electrons. The van der Waals surface area contributed by atoms with Gasteiger partial charge in [-0.25, -0.2) is 18.8 Å². The van der Waals surface area contributed by atoms with E-state index in [0.717, 1.165) is 6.42 Å². The highest BCUT2D eigenvalue weighted by atomic mass is 19.1. The summed E-state index contributed by atoms with van der Waals surface area (Å²) in [6.07, 6.45) is -1.04. The van der Waals surface area contributed by atoms with Gasteiger partial charge >= 0.3 is 18.2 Å². The molecule has 0 aliphatic carbocycles. The number of cyclic esters (lactones) is 1. The molecule has 0 spiro atoms. The number of amides is 4. The second-order valence-electron chi connectivity index (χ2n) is 7.80. The first-order valence-corrected chi connectivity index (χ1v) is 9.99. The van der Waals surface area contributed by atoms with Gasteiger partial charge in [0.1, 0.15) is 11.9 Å². The summed E-state index contributed by atoms with van der Waals surface area (Å²) in [5.74, 6) is -0.455. The number of nitrogens with one attached hydrogen (secondary N) is 1. The van der Waals surface area contributed by atoms with Crippen molar-refractivity contribution in [2.45, 2.75) is 18.6 Å². The van der Waals surface area contributed by atoms with Gasteiger partial charge in [0.2, 0.25) is 0 Å². The van der Waals surface area contributed by atoms with Crippen LogP contribution in [0, 0.1) is 5.82 Å². The smallest absolute Gasteiger partial charge is 0.414 e. The molecule has 1 aromatic rings. The van der Waals surface area contributed by atoms with E-state index in [4.69, 9.17) is 4.74 Å². The fourth-order valence-corrected chi connectivity index (χ4v) is 3.78. The molecule has 3 rings (SSSR count). The summed E-state index contributed by atoms with van der Waals surface area (Å²) in [7, 11) is 6.39. The van der Waals surface area contributed by atoms with Crippen molar-refractivity contribution in [3.63, 3.8) is 0 Å². The molecular formula is C20H28FN5O5. The van der Waals surface area contributed by atoms with Crippen molar-refractivity contribution in [3.05, 3.63) is 24.0 Å². The maximum Gasteiger partial charge on any atom is 0.414 e. The van der Waals surface area contributed by atoms with Crippen LogP contribution in [0.5, 0.6) is 0 Å². The van der Waals surface area contributed by atoms with Gasteiger partial charge in [-0.2, -0.15) is 0 Å². The van der Waals surface area contributed by atoms with E-state index < -0.39 is 24.1 Å². The second kappa shape index (κ2) is 9.27. The zero-order valence-corrected chi connectivity index (χ0v) is 18.1. The molecule has 1 unspecified atom stereocenters. The molecule has 0 saturated carbocycles. The van der Waals surface area contributed by atoms with Crippen LogP contribution in [0.4, 0.5) is 30.1 Å². The van der Waals surface area contributed by atoms with Crippen molar-refractivity contribution >= 4 is 29.6 Å². The quantitative estimate of drug-likeness (QED) is 0.754. The minimum atomic E-state index is -0.619. The van der Waals surface area contributed by atoms with E-state index in [1.807, 2.05) is 4.90 Å². The highest BCUT2D eigenvalue weighted by Gasteiger charge is 2.34. The number of methoxy groups -OCH3 is 1. The molecule has 2 aliphatic heterocycles. The van der Waals surface area contributed by atoms with Crippen molar-refractivity contribution in [1.29, 1.82) is 0 Å². The number of nitrogens with zero attached hydrogens (tertiary/aromatic N) is 4. The van der Waals surface area contributed by atoms with Gasteiger partial charge in [0, 0.05) is 34.2 Å². The van der Waals surface area contributed by atoms with Crippen LogP contribution >= 0.6 is 0 Å². The lowest BCUT2D eigenvalue weighted by atomic mass is 10.2. The second-order valence-corrected chi connectivity index (χ2v) is 7.80. The van der Waals surface area contributed by atoms with Gasteiger partial charge in [-0.05, 0) is 24.6 Å². The standard InChI is InChI=1S/C20H28FN5O5/c1-23(2)19(28)24(3)14-7-8-25(11-14)17-6-5-13(9-16(17)21)26-12-15(31-20(26)29)10-22-18(27)30-4/h5-6,9,14-15H,7-8,10-12H2,1-4H3,(H,22,27)/t14?,15-/m0/s1. The molecule has 1 N–H and O–H groups in total. The van der Waals surface area contributed by atoms with Gasteiger partial charge in [-0.1, -0.05) is 0 Å². The number of hydrogen-bond acceptors (Lipinski definition) is 6. The van der Waals surface area contributed by atoms with E-state index in [-0.39, 0.29) is 25.2 Å². The number of rotatable bonds is 5. The van der Waals surface area contributed by atoms with E-state index in [9.17, 15) is 18.8 Å². The zero-order chi connectivity index (χ0) is 22.7. The highest BCUT2D eigenvalue weighted by molar-refractivity contribution is 5.90. The Hall–Kier alpha value is -3.24. The molecule has 0 bridgehead atoms. The molecule has 11 heteroatoms. The van der Waals surface area contributed by atoms with E-state index >= 15 is 0 Å². The highest BCUT2D eigenvalue weighted by Crippen LogP contribution is 2.30. The third kappa shape index (κ3) is 4.92.